The molecule has 2 N–H and O–H groups in total. The number of ether oxygens (including phenoxy) is 1. The van der Waals surface area contributed by atoms with Crippen LogP contribution in [0.2, 0.25) is 0 Å². The molecule has 0 spiro atoms. The number of carbonyl (C=O) groups is 1. The van der Waals surface area contributed by atoms with E-state index in [4.69, 9.17) is 4.74 Å². The van der Waals surface area contributed by atoms with Crippen molar-refractivity contribution < 1.29 is 9.53 Å². The summed E-state index contributed by atoms with van der Waals surface area (Å²) in [6.07, 6.45) is 6.69. The van der Waals surface area contributed by atoms with Gasteiger partial charge in [-0.1, -0.05) is 12.1 Å². The summed E-state index contributed by atoms with van der Waals surface area (Å²) in [6.45, 7) is 6.88. The van der Waals surface area contributed by atoms with E-state index in [1.54, 1.807) is 11.1 Å². The van der Waals surface area contributed by atoms with Crippen molar-refractivity contribution in [1.82, 2.24) is 15.2 Å². The lowest BCUT2D eigenvalue weighted by molar-refractivity contribution is 0.236. The number of rotatable bonds is 7. The summed E-state index contributed by atoms with van der Waals surface area (Å²) in [5.74, 6) is 1.19. The Labute approximate surface area is 190 Å². The van der Waals surface area contributed by atoms with E-state index in [0.29, 0.717) is 24.8 Å². The van der Waals surface area contributed by atoms with Gasteiger partial charge in [-0.3, -0.25) is 10.2 Å². The van der Waals surface area contributed by atoms with Crippen molar-refractivity contribution in [1.29, 1.82) is 0 Å². The first kappa shape index (κ1) is 21.1. The van der Waals surface area contributed by atoms with Gasteiger partial charge in [0.1, 0.15) is 5.82 Å². The Kier molecular flexibility index (Phi) is 6.44. The molecule has 0 radical (unpaired) electrons. The molecular weight excluding hydrogens is 402 g/mol. The van der Waals surface area contributed by atoms with E-state index < -0.39 is 0 Å². The molecule has 1 fully saturated rings. The second-order valence-corrected chi connectivity index (χ2v) is 8.94. The molecule has 1 saturated heterocycles. The van der Waals surface area contributed by atoms with Crippen molar-refractivity contribution >= 4 is 17.5 Å². The van der Waals surface area contributed by atoms with Crippen LogP contribution in [0.15, 0.2) is 30.3 Å². The number of fused-ring (bicyclic) bond motifs is 2. The zero-order valence-corrected chi connectivity index (χ0v) is 18.7. The van der Waals surface area contributed by atoms with Crippen molar-refractivity contribution in [3.63, 3.8) is 0 Å². The first-order chi connectivity index (χ1) is 15.8. The maximum absolute atomic E-state index is 11.6. The highest BCUT2D eigenvalue weighted by atomic mass is 16.5. The number of piperazine rings is 1. The third-order valence-electron chi connectivity index (χ3n) is 6.82. The molecule has 1 aromatic heterocycles. The molecule has 7 nitrogen and oxygen atoms in total. The van der Waals surface area contributed by atoms with Crippen LogP contribution in [0.3, 0.4) is 0 Å². The monoisotopic (exact) mass is 435 g/mol. The average Bonchev–Trinajstić information content (AvgIpc) is 3.22. The Morgan fingerprint density at radius 1 is 0.969 bits per heavy atom. The lowest BCUT2D eigenvalue weighted by atomic mass is 10.1. The first-order valence-corrected chi connectivity index (χ1v) is 12.0. The van der Waals surface area contributed by atoms with Crippen LogP contribution < -0.4 is 20.3 Å². The van der Waals surface area contributed by atoms with Crippen molar-refractivity contribution in [2.75, 3.05) is 56.1 Å². The zero-order valence-electron chi connectivity index (χ0n) is 18.7. The van der Waals surface area contributed by atoms with Gasteiger partial charge in [0.2, 0.25) is 5.88 Å². The van der Waals surface area contributed by atoms with Gasteiger partial charge in [-0.2, -0.15) is 4.98 Å². The van der Waals surface area contributed by atoms with Crippen LogP contribution in [0.5, 0.6) is 5.88 Å². The minimum atomic E-state index is -0.204. The van der Waals surface area contributed by atoms with E-state index in [1.165, 1.54) is 24.9 Å². The Hall–Kier alpha value is -2.80. The van der Waals surface area contributed by atoms with Crippen LogP contribution in [0.1, 0.15) is 36.0 Å². The molecule has 2 aromatic rings. The zero-order chi connectivity index (χ0) is 21.8. The highest BCUT2D eigenvalue weighted by Crippen LogP contribution is 2.31. The van der Waals surface area contributed by atoms with Crippen molar-refractivity contribution in [3.05, 3.63) is 47.0 Å². The second kappa shape index (κ2) is 9.77. The molecule has 0 saturated carbocycles. The fourth-order valence-corrected chi connectivity index (χ4v) is 5.05. The molecule has 2 amide bonds. The van der Waals surface area contributed by atoms with Gasteiger partial charge in [-0.15, -0.1) is 0 Å². The number of amides is 2. The maximum Gasteiger partial charge on any atom is 0.320 e. The van der Waals surface area contributed by atoms with Gasteiger partial charge in [0.05, 0.1) is 6.61 Å². The summed E-state index contributed by atoms with van der Waals surface area (Å²) < 4.78 is 5.85. The number of hydrogen-bond acceptors (Lipinski definition) is 5. The third kappa shape index (κ3) is 4.83. The fraction of sp³-hybridized carbons (Fsp3) is 0.520. The number of carbonyl (C=O) groups excluding carboxylic acids is 1. The maximum atomic E-state index is 11.6. The number of hydrogen-bond donors (Lipinski definition) is 2. The van der Waals surface area contributed by atoms with Crippen LogP contribution >= 0.6 is 0 Å². The summed E-state index contributed by atoms with van der Waals surface area (Å²) in [7, 11) is 0. The van der Waals surface area contributed by atoms with E-state index in [-0.39, 0.29) is 6.03 Å². The van der Waals surface area contributed by atoms with Crippen LogP contribution in [-0.4, -0.2) is 61.8 Å². The molecule has 3 aliphatic rings. The van der Waals surface area contributed by atoms with Gasteiger partial charge in [-0.25, -0.2) is 4.79 Å². The summed E-state index contributed by atoms with van der Waals surface area (Å²) in [5.41, 5.74) is 5.68. The molecule has 7 heteroatoms. The quantitative estimate of drug-likeness (QED) is 0.654. The number of urea groups is 1. The van der Waals surface area contributed by atoms with Gasteiger partial charge in [0, 0.05) is 44.5 Å². The first-order valence-electron chi connectivity index (χ1n) is 12.0. The van der Waals surface area contributed by atoms with Crippen LogP contribution in [-0.2, 0) is 19.3 Å². The summed E-state index contributed by atoms with van der Waals surface area (Å²) in [4.78, 5) is 21.3. The SMILES string of the molecule is O=C1NCCc2ccc(OCCCCN3CCN(c4cccc5c4CCC5)CC3)nc2N1. The molecule has 32 heavy (non-hydrogen) atoms. The number of nitrogens with zero attached hydrogens (tertiary/aromatic N) is 3. The molecule has 2 aliphatic heterocycles. The molecule has 0 unspecified atom stereocenters. The third-order valence-corrected chi connectivity index (χ3v) is 6.82. The number of unbranched alkanes of at least 4 members (excludes halogenated alkanes) is 1. The highest BCUT2D eigenvalue weighted by molar-refractivity contribution is 5.89. The van der Waals surface area contributed by atoms with Crippen LogP contribution in [0.4, 0.5) is 16.3 Å². The van der Waals surface area contributed by atoms with Crippen LogP contribution in [0, 0.1) is 0 Å². The summed E-state index contributed by atoms with van der Waals surface area (Å²) in [6, 6.07) is 10.5. The number of aryl methyl sites for hydroxylation is 1. The topological polar surface area (TPSA) is 69.7 Å². The lowest BCUT2D eigenvalue weighted by Gasteiger charge is -2.37. The number of aromatic nitrogens is 1. The standard InChI is InChI=1S/C25H33N5O2/c31-25-26-12-11-20-9-10-23(27-24(20)28-25)32-18-2-1-13-29-14-16-30(17-15-29)22-8-4-6-19-5-3-7-21(19)22/h4,6,8-10H,1-3,5,7,11-18H2,(H2,26,27,28,31). The van der Waals surface area contributed by atoms with Crippen molar-refractivity contribution in [3.8, 4) is 5.88 Å². The number of nitrogens with one attached hydrogen (secondary N) is 2. The largest absolute Gasteiger partial charge is 0.478 e. The van der Waals surface area contributed by atoms with Crippen LogP contribution in [0.25, 0.3) is 0 Å². The molecule has 5 rings (SSSR count). The molecule has 3 heterocycles. The number of anilines is 2. The average molecular weight is 436 g/mol. The van der Waals surface area contributed by atoms with Gasteiger partial charge in [-0.05, 0) is 73.9 Å². The van der Waals surface area contributed by atoms with E-state index in [9.17, 15) is 4.79 Å². The molecule has 0 bridgehead atoms. The van der Waals surface area contributed by atoms with Crippen molar-refractivity contribution in [2.45, 2.75) is 38.5 Å². The fourth-order valence-electron chi connectivity index (χ4n) is 5.05. The summed E-state index contributed by atoms with van der Waals surface area (Å²) >= 11 is 0. The number of benzene rings is 1. The van der Waals surface area contributed by atoms with E-state index in [2.05, 4.69) is 43.6 Å². The van der Waals surface area contributed by atoms with E-state index >= 15 is 0 Å². The second-order valence-electron chi connectivity index (χ2n) is 8.94. The Bertz CT molecular complexity index is 955. The van der Waals surface area contributed by atoms with Gasteiger partial charge in [0.25, 0.3) is 0 Å². The van der Waals surface area contributed by atoms with Gasteiger partial charge >= 0.3 is 6.03 Å². The Morgan fingerprint density at radius 3 is 2.78 bits per heavy atom. The molecule has 1 aliphatic carbocycles. The predicted octanol–water partition coefficient (Wildman–Crippen LogP) is 3.23. The summed E-state index contributed by atoms with van der Waals surface area (Å²) in [5, 5.41) is 5.57. The van der Waals surface area contributed by atoms with E-state index in [0.717, 1.165) is 57.5 Å². The lowest BCUT2D eigenvalue weighted by Crippen LogP contribution is -2.47. The molecular formula is C25H33N5O2. The van der Waals surface area contributed by atoms with Crippen molar-refractivity contribution in [2.24, 2.45) is 0 Å². The smallest absolute Gasteiger partial charge is 0.320 e. The molecule has 0 atom stereocenters. The highest BCUT2D eigenvalue weighted by Gasteiger charge is 2.22. The van der Waals surface area contributed by atoms with E-state index in [1.807, 2.05) is 12.1 Å². The predicted molar refractivity (Wildman–Crippen MR) is 127 cm³/mol. The number of pyridine rings is 1. The van der Waals surface area contributed by atoms with Gasteiger partial charge < -0.3 is 15.0 Å². The molecule has 1 aromatic carbocycles. The minimum absolute atomic E-state index is 0.204. The Morgan fingerprint density at radius 2 is 1.88 bits per heavy atom. The normalized spacial score (nSPS) is 18.4. The minimum Gasteiger partial charge on any atom is -0.478 e. The Balaban J connectivity index is 1.03. The molecule has 170 valence electrons. The van der Waals surface area contributed by atoms with Gasteiger partial charge in [0.15, 0.2) is 0 Å².